The van der Waals surface area contributed by atoms with E-state index < -0.39 is 5.60 Å². The average molecular weight is 474 g/mol. The number of rotatable bonds is 6. The van der Waals surface area contributed by atoms with Crippen molar-refractivity contribution in [3.8, 4) is 0 Å². The molecule has 3 N–H and O–H groups in total. The first kappa shape index (κ1) is 22.7. The number of aliphatic hydroxyl groups is 1. The maximum atomic E-state index is 12.2. The number of likely N-dealkylation sites (tertiary alicyclic amines) is 1. The number of aliphatic imine (C=N–C) groups is 1. The Hall–Kier alpha value is -1.35. The van der Waals surface area contributed by atoms with Crippen molar-refractivity contribution in [2.45, 2.75) is 38.7 Å². The van der Waals surface area contributed by atoms with E-state index in [0.717, 1.165) is 31.5 Å². The number of carbonyl (C=O) groups excluding carboxylic acids is 1. The van der Waals surface area contributed by atoms with Crippen LogP contribution < -0.4 is 10.6 Å². The minimum absolute atomic E-state index is 0. The first-order chi connectivity index (χ1) is 12.0. The molecule has 0 aromatic heterocycles. The van der Waals surface area contributed by atoms with Crippen LogP contribution in [0.25, 0.3) is 0 Å². The second kappa shape index (κ2) is 11.4. The quantitative estimate of drug-likeness (QED) is 0.335. The molecular weight excluding hydrogens is 443 g/mol. The van der Waals surface area contributed by atoms with Gasteiger partial charge in [0.2, 0.25) is 5.91 Å². The first-order valence-corrected chi connectivity index (χ1v) is 9.11. The van der Waals surface area contributed by atoms with Gasteiger partial charge < -0.3 is 20.6 Å². The van der Waals surface area contributed by atoms with E-state index in [4.69, 9.17) is 0 Å². The summed E-state index contributed by atoms with van der Waals surface area (Å²) >= 11 is 0. The van der Waals surface area contributed by atoms with Gasteiger partial charge in [0.15, 0.2) is 5.96 Å². The van der Waals surface area contributed by atoms with Crippen molar-refractivity contribution < 1.29 is 9.90 Å². The van der Waals surface area contributed by atoms with Crippen molar-refractivity contribution in [2.75, 3.05) is 32.7 Å². The summed E-state index contributed by atoms with van der Waals surface area (Å²) < 4.78 is 0. The minimum atomic E-state index is -1.02. The Labute approximate surface area is 173 Å². The van der Waals surface area contributed by atoms with Gasteiger partial charge in [-0.25, -0.2) is 4.99 Å². The summed E-state index contributed by atoms with van der Waals surface area (Å²) in [6.45, 7) is 6.53. The minimum Gasteiger partial charge on any atom is -0.384 e. The third-order valence-corrected chi connectivity index (χ3v) is 4.42. The summed E-state index contributed by atoms with van der Waals surface area (Å²) in [4.78, 5) is 18.5. The van der Waals surface area contributed by atoms with Crippen LogP contribution in [0.4, 0.5) is 0 Å². The van der Waals surface area contributed by atoms with Gasteiger partial charge in [-0.2, -0.15) is 0 Å². The molecule has 1 atom stereocenters. The highest BCUT2D eigenvalue weighted by Gasteiger charge is 2.23. The molecule has 1 unspecified atom stereocenters. The van der Waals surface area contributed by atoms with Crippen LogP contribution in [-0.2, 0) is 10.4 Å². The van der Waals surface area contributed by atoms with E-state index >= 15 is 0 Å². The van der Waals surface area contributed by atoms with E-state index in [1.54, 1.807) is 6.92 Å². The average Bonchev–Trinajstić information content (AvgIpc) is 2.65. The van der Waals surface area contributed by atoms with E-state index in [2.05, 4.69) is 15.6 Å². The molecule has 6 nitrogen and oxygen atoms in total. The van der Waals surface area contributed by atoms with Gasteiger partial charge in [-0.3, -0.25) is 4.79 Å². The predicted octanol–water partition coefficient (Wildman–Crippen LogP) is 2.08. The zero-order valence-corrected chi connectivity index (χ0v) is 18.0. The highest BCUT2D eigenvalue weighted by molar-refractivity contribution is 14.0. The molecule has 1 aromatic carbocycles. The highest BCUT2D eigenvalue weighted by Crippen LogP contribution is 2.18. The largest absolute Gasteiger partial charge is 0.384 e. The number of nitrogens with one attached hydrogen (secondary N) is 2. The van der Waals surface area contributed by atoms with Crippen LogP contribution in [0.3, 0.4) is 0 Å². The standard InChI is InChI=1S/C19H30N4O2.HI/c1-3-20-18(21-14-17(24)23-12-8-5-9-13-23)22-15-19(2,25)16-10-6-4-7-11-16;/h4,6-7,10-11,25H,3,5,8-9,12-15H2,1-2H3,(H2,20,21,22);1H. The number of piperidine rings is 1. The van der Waals surface area contributed by atoms with Crippen molar-refractivity contribution >= 4 is 35.8 Å². The molecule has 0 spiro atoms. The summed E-state index contributed by atoms with van der Waals surface area (Å²) in [5.41, 5.74) is -0.184. The zero-order chi connectivity index (χ0) is 18.1. The predicted molar refractivity (Wildman–Crippen MR) is 116 cm³/mol. The monoisotopic (exact) mass is 474 g/mol. The molecule has 146 valence electrons. The maximum absolute atomic E-state index is 12.2. The second-order valence-corrected chi connectivity index (χ2v) is 6.63. The number of halogens is 1. The van der Waals surface area contributed by atoms with Crippen LogP contribution in [0.1, 0.15) is 38.7 Å². The third kappa shape index (κ3) is 7.11. The molecule has 1 amide bonds. The Morgan fingerprint density at radius 1 is 1.19 bits per heavy atom. The van der Waals surface area contributed by atoms with Gasteiger partial charge in [0.05, 0.1) is 6.54 Å². The van der Waals surface area contributed by atoms with Crippen LogP contribution in [0.2, 0.25) is 0 Å². The molecule has 1 aromatic rings. The smallest absolute Gasteiger partial charge is 0.244 e. The topological polar surface area (TPSA) is 77.0 Å². The molecule has 1 heterocycles. The van der Waals surface area contributed by atoms with Gasteiger partial charge in [-0.1, -0.05) is 30.3 Å². The zero-order valence-electron chi connectivity index (χ0n) is 15.7. The van der Waals surface area contributed by atoms with Crippen LogP contribution in [0, 0.1) is 0 Å². The Balaban J connectivity index is 0.00000338. The summed E-state index contributed by atoms with van der Waals surface area (Å²) in [5.74, 6) is 0.607. The van der Waals surface area contributed by atoms with E-state index in [9.17, 15) is 9.90 Å². The maximum Gasteiger partial charge on any atom is 0.244 e. The number of hydrogen-bond donors (Lipinski definition) is 3. The molecule has 1 aliphatic rings. The molecule has 2 rings (SSSR count). The van der Waals surface area contributed by atoms with Gasteiger partial charge >= 0.3 is 0 Å². The SMILES string of the molecule is CCNC(=NCC(=O)N1CCCCC1)NCC(C)(O)c1ccccc1.I. The number of guanidine groups is 1. The molecule has 7 heteroatoms. The van der Waals surface area contributed by atoms with Crippen molar-refractivity contribution in [2.24, 2.45) is 4.99 Å². The molecule has 1 aliphatic heterocycles. The van der Waals surface area contributed by atoms with Gasteiger partial charge in [0, 0.05) is 19.6 Å². The fourth-order valence-electron chi connectivity index (χ4n) is 2.89. The van der Waals surface area contributed by atoms with E-state index in [1.165, 1.54) is 6.42 Å². The van der Waals surface area contributed by atoms with Crippen LogP contribution >= 0.6 is 24.0 Å². The van der Waals surface area contributed by atoms with Crippen LogP contribution in [0.5, 0.6) is 0 Å². The number of hydrogen-bond acceptors (Lipinski definition) is 3. The lowest BCUT2D eigenvalue weighted by Crippen LogP contribution is -2.45. The van der Waals surface area contributed by atoms with Crippen molar-refractivity contribution in [1.82, 2.24) is 15.5 Å². The molecular formula is C19H31IN4O2. The Bertz CT molecular complexity index is 572. The number of benzene rings is 1. The Kier molecular flexibility index (Phi) is 9.93. The number of amides is 1. The first-order valence-electron chi connectivity index (χ1n) is 9.11. The summed E-state index contributed by atoms with van der Waals surface area (Å²) in [5, 5.41) is 16.9. The van der Waals surface area contributed by atoms with Gasteiger partial charge in [-0.05, 0) is 38.7 Å². The normalized spacial score (nSPS) is 17.0. The fourth-order valence-corrected chi connectivity index (χ4v) is 2.89. The lowest BCUT2D eigenvalue weighted by atomic mass is 9.96. The molecule has 26 heavy (non-hydrogen) atoms. The van der Waals surface area contributed by atoms with E-state index in [1.807, 2.05) is 42.2 Å². The molecule has 0 saturated carbocycles. The summed E-state index contributed by atoms with van der Waals surface area (Å²) in [6, 6.07) is 9.52. The number of nitrogens with zero attached hydrogens (tertiary/aromatic N) is 2. The van der Waals surface area contributed by atoms with Gasteiger partial charge in [0.1, 0.15) is 12.1 Å². The van der Waals surface area contributed by atoms with Crippen molar-refractivity contribution in [1.29, 1.82) is 0 Å². The Morgan fingerprint density at radius 3 is 2.46 bits per heavy atom. The second-order valence-electron chi connectivity index (χ2n) is 6.63. The molecule has 0 aliphatic carbocycles. The van der Waals surface area contributed by atoms with E-state index in [0.29, 0.717) is 19.0 Å². The molecule has 1 saturated heterocycles. The number of carbonyl (C=O) groups is 1. The van der Waals surface area contributed by atoms with Crippen molar-refractivity contribution in [3.63, 3.8) is 0 Å². The van der Waals surface area contributed by atoms with Crippen LogP contribution in [-0.4, -0.2) is 54.6 Å². The lowest BCUT2D eigenvalue weighted by molar-refractivity contribution is -0.130. The molecule has 0 bridgehead atoms. The third-order valence-electron chi connectivity index (χ3n) is 4.42. The van der Waals surface area contributed by atoms with Gasteiger partial charge in [0.25, 0.3) is 0 Å². The lowest BCUT2D eigenvalue weighted by Gasteiger charge is -2.27. The Morgan fingerprint density at radius 2 is 1.85 bits per heavy atom. The molecule has 0 radical (unpaired) electrons. The van der Waals surface area contributed by atoms with Crippen molar-refractivity contribution in [3.05, 3.63) is 35.9 Å². The van der Waals surface area contributed by atoms with E-state index in [-0.39, 0.29) is 36.4 Å². The van der Waals surface area contributed by atoms with Crippen LogP contribution in [0.15, 0.2) is 35.3 Å². The highest BCUT2D eigenvalue weighted by atomic mass is 127. The fraction of sp³-hybridized carbons (Fsp3) is 0.579. The summed E-state index contributed by atoms with van der Waals surface area (Å²) in [7, 11) is 0. The van der Waals surface area contributed by atoms with Gasteiger partial charge in [-0.15, -0.1) is 24.0 Å². The summed E-state index contributed by atoms with van der Waals surface area (Å²) in [6.07, 6.45) is 3.35. The molecule has 1 fully saturated rings.